The van der Waals surface area contributed by atoms with Crippen molar-refractivity contribution >= 4 is 29.0 Å². The van der Waals surface area contributed by atoms with Gasteiger partial charge in [0, 0.05) is 40.4 Å². The third-order valence-corrected chi connectivity index (χ3v) is 9.15. The molecule has 2 aliphatic heterocycles. The maximum Gasteiger partial charge on any atom is 0.178 e. The molecule has 5 nitrogen and oxygen atoms in total. The molecule has 0 radical (unpaired) electrons. The molecule has 2 unspecified atom stereocenters. The van der Waals surface area contributed by atoms with E-state index in [-0.39, 0.29) is 30.5 Å². The molecule has 43 heavy (non-hydrogen) atoms. The van der Waals surface area contributed by atoms with E-state index in [0.29, 0.717) is 28.3 Å². The van der Waals surface area contributed by atoms with Gasteiger partial charge in [-0.25, -0.2) is 17.6 Å². The number of halogens is 6. The van der Waals surface area contributed by atoms with E-state index in [0.717, 1.165) is 42.8 Å². The monoisotopic (exact) mass is 635 g/mol. The summed E-state index contributed by atoms with van der Waals surface area (Å²) in [6.45, 7) is 7.55. The first-order valence-corrected chi connectivity index (χ1v) is 14.6. The van der Waals surface area contributed by atoms with Crippen LogP contribution in [0.2, 0.25) is 10.0 Å². The lowest BCUT2D eigenvalue weighted by Crippen LogP contribution is -2.36. The van der Waals surface area contributed by atoms with Crippen molar-refractivity contribution in [3.63, 3.8) is 0 Å². The SMILES string of the molecule is Cc1cc(C(=O)CN2C3CCC2[C@@H](O)C3)c(C)n1-c1cc(F)c(Cl)c(F)c1.Cc1ccc(C)n1-c1cc(F)c(Cl)c(F)c1. The van der Waals surface area contributed by atoms with Crippen LogP contribution in [0.15, 0.2) is 42.5 Å². The number of aliphatic hydroxyl groups is 1. The number of Topliss-reactive ketones (excluding diaryl/α,β-unsaturated/α-hetero) is 1. The fraction of sp³-hybridized carbons (Fsp3) is 0.344. The van der Waals surface area contributed by atoms with Gasteiger partial charge in [0.2, 0.25) is 0 Å². The number of aliphatic hydroxyl groups excluding tert-OH is 1. The molecule has 2 saturated heterocycles. The van der Waals surface area contributed by atoms with E-state index in [2.05, 4.69) is 4.90 Å². The smallest absolute Gasteiger partial charge is 0.178 e. The minimum Gasteiger partial charge on any atom is -0.391 e. The molecule has 2 bridgehead atoms. The van der Waals surface area contributed by atoms with E-state index in [9.17, 15) is 27.5 Å². The van der Waals surface area contributed by atoms with Crippen LogP contribution in [0.3, 0.4) is 0 Å². The quantitative estimate of drug-likeness (QED) is 0.138. The summed E-state index contributed by atoms with van der Waals surface area (Å²) in [5.41, 5.74) is 4.44. The van der Waals surface area contributed by atoms with Crippen LogP contribution < -0.4 is 0 Å². The highest BCUT2D eigenvalue weighted by Gasteiger charge is 2.46. The lowest BCUT2D eigenvalue weighted by molar-refractivity contribution is 0.0873. The number of fused-ring (bicyclic) bond motifs is 2. The van der Waals surface area contributed by atoms with Crippen LogP contribution in [0.1, 0.15) is 52.4 Å². The third kappa shape index (κ3) is 5.88. The van der Waals surface area contributed by atoms with Crippen LogP contribution in [-0.2, 0) is 0 Å². The van der Waals surface area contributed by atoms with Crippen molar-refractivity contribution < 1.29 is 27.5 Å². The molecule has 1 N–H and O–H groups in total. The summed E-state index contributed by atoms with van der Waals surface area (Å²) < 4.78 is 57.8. The normalized spacial score (nSPS) is 19.6. The molecule has 4 heterocycles. The maximum atomic E-state index is 13.9. The Labute approximate surface area is 257 Å². The predicted molar refractivity (Wildman–Crippen MR) is 159 cm³/mol. The molecule has 2 aromatic carbocycles. The number of nitrogens with zero attached hydrogens (tertiary/aromatic N) is 3. The molecule has 4 aromatic rings. The zero-order chi connectivity index (χ0) is 31.3. The van der Waals surface area contributed by atoms with Crippen LogP contribution in [0, 0.1) is 51.0 Å². The largest absolute Gasteiger partial charge is 0.391 e. The van der Waals surface area contributed by atoms with Gasteiger partial charge in [0.15, 0.2) is 5.78 Å². The molecular formula is C32H31Cl2F4N3O2. The van der Waals surface area contributed by atoms with E-state index >= 15 is 0 Å². The summed E-state index contributed by atoms with van der Waals surface area (Å²) in [4.78, 5) is 15.0. The summed E-state index contributed by atoms with van der Waals surface area (Å²) >= 11 is 11.0. The molecule has 0 aliphatic carbocycles. The van der Waals surface area contributed by atoms with E-state index in [1.807, 2.05) is 26.0 Å². The van der Waals surface area contributed by atoms with Gasteiger partial charge in [-0.2, -0.15) is 0 Å². The van der Waals surface area contributed by atoms with Crippen LogP contribution in [0.5, 0.6) is 0 Å². The Kier molecular flexibility index (Phi) is 8.82. The number of hydrogen-bond donors (Lipinski definition) is 1. The van der Waals surface area contributed by atoms with E-state index in [1.165, 1.54) is 12.1 Å². The molecule has 228 valence electrons. The fourth-order valence-electron chi connectivity index (χ4n) is 6.43. The number of aromatic nitrogens is 2. The molecular weight excluding hydrogens is 605 g/mol. The number of rotatable bonds is 5. The average molecular weight is 637 g/mol. The Balaban J connectivity index is 0.000000196. The molecule has 6 rings (SSSR count). The highest BCUT2D eigenvalue weighted by atomic mass is 35.5. The Morgan fingerprint density at radius 3 is 1.72 bits per heavy atom. The number of carbonyl (C=O) groups excluding carboxylic acids is 1. The highest BCUT2D eigenvalue weighted by molar-refractivity contribution is 6.31. The highest BCUT2D eigenvalue weighted by Crippen LogP contribution is 2.38. The van der Waals surface area contributed by atoms with Crippen LogP contribution in [0.25, 0.3) is 11.4 Å². The minimum atomic E-state index is -0.838. The number of hydrogen-bond acceptors (Lipinski definition) is 3. The maximum absolute atomic E-state index is 13.9. The third-order valence-electron chi connectivity index (χ3n) is 8.43. The van der Waals surface area contributed by atoms with E-state index < -0.39 is 33.3 Å². The summed E-state index contributed by atoms with van der Waals surface area (Å²) in [6, 6.07) is 10.6. The molecule has 3 atom stereocenters. The van der Waals surface area contributed by atoms with Crippen LogP contribution in [0.4, 0.5) is 17.6 Å². The fourth-order valence-corrected chi connectivity index (χ4v) is 6.64. The van der Waals surface area contributed by atoms with Gasteiger partial charge in [0.1, 0.15) is 33.3 Å². The molecule has 2 aromatic heterocycles. The van der Waals surface area contributed by atoms with Gasteiger partial charge in [0.05, 0.1) is 24.0 Å². The first kappa shape index (κ1) is 31.3. The first-order valence-electron chi connectivity index (χ1n) is 13.9. The van der Waals surface area contributed by atoms with Gasteiger partial charge >= 0.3 is 0 Å². The van der Waals surface area contributed by atoms with E-state index in [1.54, 1.807) is 29.0 Å². The Morgan fingerprint density at radius 2 is 1.28 bits per heavy atom. The number of carbonyl (C=O) groups is 1. The Bertz CT molecular complexity index is 1650. The van der Waals surface area contributed by atoms with Crippen molar-refractivity contribution in [2.24, 2.45) is 0 Å². The summed E-state index contributed by atoms with van der Waals surface area (Å²) in [5, 5.41) is 9.05. The second kappa shape index (κ2) is 12.1. The minimum absolute atomic E-state index is 0.0461. The average Bonchev–Trinajstić information content (AvgIpc) is 3.66. The summed E-state index contributed by atoms with van der Waals surface area (Å²) in [7, 11) is 0. The number of ketones is 1. The molecule has 11 heteroatoms. The van der Waals surface area contributed by atoms with E-state index in [4.69, 9.17) is 23.2 Å². The second-order valence-corrected chi connectivity index (χ2v) is 12.0. The topological polar surface area (TPSA) is 50.4 Å². The predicted octanol–water partition coefficient (Wildman–Crippen LogP) is 7.83. The van der Waals surface area contributed by atoms with Crippen molar-refractivity contribution in [3.8, 4) is 11.4 Å². The van der Waals surface area contributed by atoms with Crippen molar-refractivity contribution in [2.75, 3.05) is 6.54 Å². The standard InChI is InChI=1S/C20H21ClF2N2O2.C12H10ClF2N/c1-10-5-14(19(27)9-24-12-3-4-17(24)18(26)8-12)11(2)25(10)13-6-15(22)20(21)16(23)7-13;1-7-3-4-8(2)16(7)9-5-10(14)12(13)11(15)6-9/h5-7,12,17-18,26H,3-4,8-9H2,1-2H3;3-6H,1-2H3/t12?,17?,18-;/m0./s1. The zero-order valence-corrected chi connectivity index (χ0v) is 25.6. The van der Waals surface area contributed by atoms with Gasteiger partial charge in [0.25, 0.3) is 0 Å². The van der Waals surface area contributed by atoms with Crippen molar-refractivity contribution in [1.82, 2.24) is 14.0 Å². The summed E-state index contributed by atoms with van der Waals surface area (Å²) in [5.74, 6) is -3.21. The molecule has 0 amide bonds. The summed E-state index contributed by atoms with van der Waals surface area (Å²) in [6.07, 6.45) is 2.29. The van der Waals surface area contributed by atoms with Crippen molar-refractivity contribution in [2.45, 2.75) is 65.1 Å². The van der Waals surface area contributed by atoms with Gasteiger partial charge < -0.3 is 14.2 Å². The van der Waals surface area contributed by atoms with Crippen LogP contribution in [-0.4, -0.2) is 49.7 Å². The van der Waals surface area contributed by atoms with Crippen molar-refractivity contribution in [1.29, 1.82) is 0 Å². The Morgan fingerprint density at radius 1 is 0.791 bits per heavy atom. The van der Waals surface area contributed by atoms with Gasteiger partial charge in [-0.1, -0.05) is 23.2 Å². The number of aryl methyl sites for hydroxylation is 3. The molecule has 2 fully saturated rings. The molecule has 2 aliphatic rings. The lowest BCUT2D eigenvalue weighted by Gasteiger charge is -2.21. The second-order valence-electron chi connectivity index (χ2n) is 11.2. The first-order chi connectivity index (χ1) is 20.3. The molecule has 0 spiro atoms. The van der Waals surface area contributed by atoms with Gasteiger partial charge in [-0.15, -0.1) is 0 Å². The molecule has 0 saturated carbocycles. The Hall–Kier alpha value is -3.11. The number of benzene rings is 2. The lowest BCUT2D eigenvalue weighted by atomic mass is 9.98. The zero-order valence-electron chi connectivity index (χ0n) is 24.1. The van der Waals surface area contributed by atoms with Crippen LogP contribution >= 0.6 is 23.2 Å². The van der Waals surface area contributed by atoms with Gasteiger partial charge in [-0.3, -0.25) is 9.69 Å². The van der Waals surface area contributed by atoms with Crippen molar-refractivity contribution in [3.05, 3.63) is 104 Å². The van der Waals surface area contributed by atoms with Gasteiger partial charge in [-0.05, 0) is 89.4 Å².